The molecule has 0 rings (SSSR count). The van der Waals surface area contributed by atoms with Crippen molar-refractivity contribution in [3.63, 3.8) is 0 Å². The number of urea groups is 2. The zero-order valence-electron chi connectivity index (χ0n) is 62.3. The molecule has 0 saturated heterocycles. The molecule has 0 aliphatic rings. The minimum Gasteiger partial charge on any atom is -0.463 e. The van der Waals surface area contributed by atoms with Gasteiger partial charge in [0.2, 0.25) is 23.6 Å². The first kappa shape index (κ1) is 102. The molecule has 10 N–H and O–H groups in total. The van der Waals surface area contributed by atoms with Crippen LogP contribution in [0.3, 0.4) is 0 Å². The number of ether oxygens (including phenoxy) is 8. The van der Waals surface area contributed by atoms with E-state index in [1.807, 2.05) is 0 Å². The summed E-state index contributed by atoms with van der Waals surface area (Å²) in [6.45, 7) is 20.6. The Labute approximate surface area is 618 Å². The van der Waals surface area contributed by atoms with Gasteiger partial charge in [-0.1, -0.05) is 12.2 Å². The second kappa shape index (κ2) is 59.9. The second-order valence-corrected chi connectivity index (χ2v) is 28.9. The van der Waals surface area contributed by atoms with Crippen LogP contribution in [0.2, 0.25) is 0 Å². The summed E-state index contributed by atoms with van der Waals surface area (Å²) in [5.41, 5.74) is 0. The summed E-state index contributed by atoms with van der Waals surface area (Å²) in [6.07, 6.45) is 2.74. The highest BCUT2D eigenvalue weighted by Gasteiger charge is 2.31. The second-order valence-electron chi connectivity index (χ2n) is 22.6. The predicted molar refractivity (Wildman–Crippen MR) is 375 cm³/mol. The molecule has 4 unspecified atom stereocenters. The summed E-state index contributed by atoms with van der Waals surface area (Å²) in [6, 6.07) is -4.49. The van der Waals surface area contributed by atoms with Crippen molar-refractivity contribution in [2.45, 2.75) is 157 Å². The van der Waals surface area contributed by atoms with Crippen LogP contribution < -0.4 is 42.5 Å². The van der Waals surface area contributed by atoms with Gasteiger partial charge in [-0.3, -0.25) is 83.6 Å². The molecule has 0 bridgehead atoms. The molecule has 0 saturated carbocycles. The molecule has 0 aromatic heterocycles. The number of rotatable bonds is 62. The van der Waals surface area contributed by atoms with E-state index in [0.29, 0.717) is 25.7 Å². The van der Waals surface area contributed by atoms with Crippen molar-refractivity contribution in [1.82, 2.24) is 42.5 Å². The Morgan fingerprint density at radius 1 is 0.330 bits per heavy atom. The van der Waals surface area contributed by atoms with Crippen LogP contribution in [-0.2, 0) is 140 Å². The lowest BCUT2D eigenvalue weighted by molar-refractivity contribution is -0.147. The molecule has 42 nitrogen and oxygen atoms in total. The summed E-state index contributed by atoms with van der Waals surface area (Å²) in [4.78, 5) is 135. The molecule has 0 fully saturated rings. The van der Waals surface area contributed by atoms with Crippen molar-refractivity contribution in [1.29, 1.82) is 0 Å². The molecule has 0 spiro atoms. The van der Waals surface area contributed by atoms with Crippen molar-refractivity contribution in [2.24, 2.45) is 0 Å². The average molecular weight is 1610 g/mol. The van der Waals surface area contributed by atoms with Gasteiger partial charge in [0.15, 0.2) is 0 Å². The number of amides is 8. The van der Waals surface area contributed by atoms with E-state index in [1.54, 1.807) is 27.7 Å². The molecule has 0 radical (unpaired) electrons. The summed E-state index contributed by atoms with van der Waals surface area (Å²) < 4.78 is 144. The number of carbonyl (C=O) groups is 10. The first-order valence-corrected chi connectivity index (χ1v) is 39.3. The smallest absolute Gasteiger partial charge is 0.463 e. The number of carbonyl (C=O) groups excluding carboxylic acids is 10. The third kappa shape index (κ3) is 64.1. The number of hydrogen-bond acceptors (Lipinski definition) is 32. The van der Waals surface area contributed by atoms with Gasteiger partial charge in [0.1, 0.15) is 24.4 Å². The van der Waals surface area contributed by atoms with Gasteiger partial charge >= 0.3 is 67.2 Å². The molecule has 0 aromatic carbocycles. The fourth-order valence-corrected chi connectivity index (χ4v) is 11.6. The summed E-state index contributed by atoms with van der Waals surface area (Å²) in [5.74, 6) is -3.34. The van der Waals surface area contributed by atoms with Crippen LogP contribution in [0.15, 0.2) is 25.3 Å². The van der Waals surface area contributed by atoms with Gasteiger partial charge in [0.05, 0.1) is 143 Å². The van der Waals surface area contributed by atoms with Crippen LogP contribution in [0.25, 0.3) is 0 Å². The van der Waals surface area contributed by atoms with E-state index in [2.05, 4.69) is 55.7 Å². The third-order valence-corrected chi connectivity index (χ3v) is 16.9. The first-order chi connectivity index (χ1) is 49.7. The van der Waals surface area contributed by atoms with Crippen LogP contribution in [0.1, 0.15) is 109 Å². The molecule has 0 aliphatic heterocycles. The maximum absolute atomic E-state index is 13.2. The maximum Gasteiger partial charge on any atom is 0.475 e. The van der Waals surface area contributed by atoms with Gasteiger partial charge in [-0.25, -0.2) is 27.8 Å². The lowest BCUT2D eigenvalue weighted by Crippen LogP contribution is -2.40. The van der Waals surface area contributed by atoms with Crippen LogP contribution in [-0.4, -0.2) is 263 Å². The van der Waals surface area contributed by atoms with Crippen molar-refractivity contribution in [2.75, 3.05) is 145 Å². The molecule has 0 heterocycles. The number of phosphoric acid groups is 4. The van der Waals surface area contributed by atoms with Crippen molar-refractivity contribution >= 4 is 90.9 Å². The monoisotopic (exact) mass is 1610 g/mol. The molecule has 0 aromatic rings. The minimum atomic E-state index is -4.58. The Morgan fingerprint density at radius 3 is 0.774 bits per heavy atom. The molecule has 616 valence electrons. The molecule has 8 amide bonds. The van der Waals surface area contributed by atoms with E-state index in [1.165, 1.54) is 67.5 Å². The summed E-state index contributed by atoms with van der Waals surface area (Å²) >= 11 is 0. The normalized spacial score (nSPS) is 15.7. The van der Waals surface area contributed by atoms with Gasteiger partial charge < -0.3 is 90.2 Å². The fourth-order valence-electron chi connectivity index (χ4n) is 7.68. The third-order valence-electron chi connectivity index (χ3n) is 12.1. The van der Waals surface area contributed by atoms with Gasteiger partial charge in [0, 0.05) is 107 Å². The Kier molecular flexibility index (Phi) is 57.7. The predicted octanol–water partition coefficient (Wildman–Crippen LogP) is 2.98. The molecule has 106 heavy (non-hydrogen) atoms. The van der Waals surface area contributed by atoms with Crippen LogP contribution in [0.4, 0.5) is 9.59 Å². The number of nitrogens with one attached hydrogen (secondary N) is 8. The van der Waals surface area contributed by atoms with E-state index < -0.39 is 141 Å². The van der Waals surface area contributed by atoms with E-state index in [0.717, 1.165) is 0 Å². The zero-order chi connectivity index (χ0) is 80.6. The largest absolute Gasteiger partial charge is 0.475 e. The van der Waals surface area contributed by atoms with Gasteiger partial charge in [-0.2, -0.15) is 0 Å². The van der Waals surface area contributed by atoms with Gasteiger partial charge in [0.25, 0.3) is 0 Å². The summed E-state index contributed by atoms with van der Waals surface area (Å²) in [5, 5.41) is 19.9. The van der Waals surface area contributed by atoms with Gasteiger partial charge in [-0.15, -0.1) is 13.2 Å². The first-order valence-electron chi connectivity index (χ1n) is 33.4. The Bertz CT molecular complexity index is 2640. The number of hydrogen-bond donors (Lipinski definition) is 10. The SMILES string of the molecule is C=CCOP(=O)(OCCNC(=O)NCCOP(=O)(OCC=C)OC[C@H](COCC[C@@H](C)OC(C)=O)NC(C)=O)OC[C@H](COCC[C@@H](C)OC(C)=O)NC(C)=O.CC(=O)N[C@@H](COCC[C@@H](C)OC(C)=O)COP(=O)(O)OCCNC(=O)NCCOP(=O)(O)OC[C@H](COCC[C@@H](C)OC(C)=O)NC(C)=O. The fraction of sp³-hybridized carbons (Fsp3) is 0.767. The van der Waals surface area contributed by atoms with Crippen LogP contribution in [0.5, 0.6) is 0 Å². The standard InChI is InChI=1S/C33H60N4O17P2.C27H52N4O17P2/c1-9-15-47-55(43,51-23-31(36-27(5)38)21-45-17-11-25(3)53-29(7)40)49-19-13-34-33(42)35-14-20-50-56(44,48-16-10-2)52-24-32(37-28(6)39)22-46-18-12-26(4)54-30(8)41;1-19(47-23(5)34)7-11-41-15-25(30-21(3)32)17-45-49(37,38)43-13-9-28-27(36)29-10-14-44-50(39,40)46-18-26(31-22(4)33)16-42-12-8-20(2)48-24(6)35/h9-10,25-26,31-32H,1-2,11-24H2,3-8H3,(H,36,38)(H,37,39)(H2,34,35,42);19-20,25-26H,7-18H2,1-6H3,(H,30,32)(H,31,33)(H,37,38)(H,39,40)(H2,28,29,36)/t25-,26-,31+,32+,55?,56?;19-,20-,25+,26+/m11/s1. The molecular formula is C60H112N8O34P4. The van der Waals surface area contributed by atoms with Gasteiger partial charge in [-0.05, 0) is 27.7 Å². The Morgan fingerprint density at radius 2 is 0.557 bits per heavy atom. The maximum atomic E-state index is 13.2. The summed E-state index contributed by atoms with van der Waals surface area (Å²) in [7, 11) is -17.6. The number of esters is 4. The Hall–Kier alpha value is -5.94. The molecule has 46 heteroatoms. The highest BCUT2D eigenvalue weighted by molar-refractivity contribution is 7.49. The van der Waals surface area contributed by atoms with Crippen molar-refractivity contribution in [3.8, 4) is 0 Å². The molecule has 0 aliphatic carbocycles. The highest BCUT2D eigenvalue weighted by atomic mass is 31.2. The molecular weight excluding hydrogens is 1500 g/mol. The van der Waals surface area contributed by atoms with E-state index in [-0.39, 0.29) is 143 Å². The van der Waals surface area contributed by atoms with E-state index in [9.17, 15) is 76.0 Å². The molecule has 12 atom stereocenters. The highest BCUT2D eigenvalue weighted by Crippen LogP contribution is 2.50. The van der Waals surface area contributed by atoms with Crippen molar-refractivity contribution in [3.05, 3.63) is 25.3 Å². The van der Waals surface area contributed by atoms with Crippen molar-refractivity contribution < 1.29 is 159 Å². The lowest BCUT2D eigenvalue weighted by Gasteiger charge is -2.23. The topological polar surface area (TPSA) is 542 Å². The average Bonchev–Trinajstić information content (AvgIpc) is 0.898. The lowest BCUT2D eigenvalue weighted by atomic mass is 10.3. The van der Waals surface area contributed by atoms with Crippen LogP contribution in [0, 0.1) is 0 Å². The van der Waals surface area contributed by atoms with E-state index >= 15 is 0 Å². The van der Waals surface area contributed by atoms with Crippen LogP contribution >= 0.6 is 31.3 Å². The number of phosphoric ester groups is 4. The Balaban J connectivity index is 0. The van der Waals surface area contributed by atoms with E-state index in [4.69, 9.17) is 83.1 Å². The quantitative estimate of drug-likeness (QED) is 0.0138. The minimum absolute atomic E-state index is 0.0193. The zero-order valence-corrected chi connectivity index (χ0v) is 65.9.